The van der Waals surface area contributed by atoms with Crippen LogP contribution in [-0.2, 0) is 10.0 Å². The van der Waals surface area contributed by atoms with Crippen LogP contribution in [0.3, 0.4) is 0 Å². The third-order valence-corrected chi connectivity index (χ3v) is 6.18. The van der Waals surface area contributed by atoms with E-state index in [2.05, 4.69) is 9.71 Å². The smallest absolute Gasteiger partial charge is 0.214 e. The van der Waals surface area contributed by atoms with Crippen LogP contribution in [0.1, 0.15) is 31.7 Å². The van der Waals surface area contributed by atoms with Gasteiger partial charge in [-0.25, -0.2) is 13.1 Å². The van der Waals surface area contributed by atoms with Crippen molar-refractivity contribution >= 4 is 21.6 Å². The van der Waals surface area contributed by atoms with E-state index in [1.165, 1.54) is 0 Å². The zero-order chi connectivity index (χ0) is 16.6. The molecule has 0 amide bonds. The highest BCUT2D eigenvalue weighted by Crippen LogP contribution is 2.41. The Morgan fingerprint density at radius 2 is 1.87 bits per heavy atom. The lowest BCUT2D eigenvalue weighted by Crippen LogP contribution is -2.33. The van der Waals surface area contributed by atoms with Gasteiger partial charge < -0.3 is 0 Å². The summed E-state index contributed by atoms with van der Waals surface area (Å²) in [5.41, 5.74) is 3.04. The van der Waals surface area contributed by atoms with Crippen molar-refractivity contribution in [2.75, 3.05) is 0 Å². The first-order valence-electron chi connectivity index (χ1n) is 7.60. The first-order chi connectivity index (χ1) is 10.9. The van der Waals surface area contributed by atoms with Crippen LogP contribution >= 0.6 is 11.6 Å². The summed E-state index contributed by atoms with van der Waals surface area (Å²) in [6, 6.07) is 11.8. The maximum absolute atomic E-state index is 11.9. The molecule has 0 aliphatic heterocycles. The lowest BCUT2D eigenvalue weighted by atomic mass is 10.1. The summed E-state index contributed by atoms with van der Waals surface area (Å²) in [7, 11) is -3.20. The molecular weight excluding hydrogens is 332 g/mol. The first-order valence-corrected chi connectivity index (χ1v) is 9.52. The highest BCUT2D eigenvalue weighted by atomic mass is 35.5. The van der Waals surface area contributed by atoms with Gasteiger partial charge in [-0.1, -0.05) is 35.9 Å². The fraction of sp³-hybridized carbons (Fsp3) is 0.353. The van der Waals surface area contributed by atoms with Crippen molar-refractivity contribution in [3.05, 3.63) is 53.2 Å². The maximum Gasteiger partial charge on any atom is 0.214 e. The predicted molar refractivity (Wildman–Crippen MR) is 93.0 cm³/mol. The minimum Gasteiger partial charge on any atom is -0.255 e. The van der Waals surface area contributed by atoms with E-state index in [9.17, 15) is 8.42 Å². The number of benzene rings is 1. The maximum atomic E-state index is 11.9. The summed E-state index contributed by atoms with van der Waals surface area (Å²) >= 11 is 5.85. The Balaban J connectivity index is 1.69. The third kappa shape index (κ3) is 3.74. The molecule has 1 N–H and O–H groups in total. The van der Waals surface area contributed by atoms with E-state index in [4.69, 9.17) is 11.6 Å². The Hall–Kier alpha value is -1.43. The molecule has 4 nitrogen and oxygen atoms in total. The Morgan fingerprint density at radius 3 is 2.43 bits per heavy atom. The summed E-state index contributed by atoms with van der Waals surface area (Å²) in [5, 5.41) is 0.214. The number of aromatic nitrogens is 1. The standard InChI is InChI=1S/C17H19ClN2O2S/c1-11(2)23(21,22)20-17-9-15(17)12-3-5-13(6-4-12)16-8-7-14(18)10-19-16/h3-8,10-11,15,17,20H,9H2,1-2H3. The molecule has 23 heavy (non-hydrogen) atoms. The van der Waals surface area contributed by atoms with Crippen molar-refractivity contribution in [3.8, 4) is 11.3 Å². The molecule has 0 spiro atoms. The number of hydrogen-bond acceptors (Lipinski definition) is 3. The molecule has 1 heterocycles. The number of sulfonamides is 1. The molecule has 2 aromatic rings. The van der Waals surface area contributed by atoms with Crippen molar-refractivity contribution in [1.29, 1.82) is 0 Å². The zero-order valence-electron chi connectivity index (χ0n) is 13.0. The zero-order valence-corrected chi connectivity index (χ0v) is 14.6. The topological polar surface area (TPSA) is 59.1 Å². The molecule has 1 saturated carbocycles. The van der Waals surface area contributed by atoms with Crippen LogP contribution in [0.5, 0.6) is 0 Å². The molecule has 1 aliphatic rings. The Morgan fingerprint density at radius 1 is 1.17 bits per heavy atom. The van der Waals surface area contributed by atoms with E-state index in [-0.39, 0.29) is 12.0 Å². The second kappa shape index (κ2) is 6.23. The quantitative estimate of drug-likeness (QED) is 0.896. The van der Waals surface area contributed by atoms with E-state index >= 15 is 0 Å². The molecular formula is C17H19ClN2O2S. The molecule has 1 fully saturated rings. The third-order valence-electron chi connectivity index (χ3n) is 4.09. The minimum absolute atomic E-state index is 0.0157. The molecule has 0 saturated heterocycles. The number of pyridine rings is 1. The second-order valence-electron chi connectivity index (χ2n) is 6.14. The van der Waals surface area contributed by atoms with Crippen molar-refractivity contribution in [2.45, 2.75) is 37.5 Å². The molecule has 3 rings (SSSR count). The van der Waals surface area contributed by atoms with Crippen LogP contribution in [-0.4, -0.2) is 24.7 Å². The molecule has 1 aromatic heterocycles. The minimum atomic E-state index is -3.20. The van der Waals surface area contributed by atoms with Crippen LogP contribution in [0.4, 0.5) is 0 Å². The summed E-state index contributed by atoms with van der Waals surface area (Å²) < 4.78 is 26.6. The van der Waals surface area contributed by atoms with Gasteiger partial charge in [0.15, 0.2) is 0 Å². The molecule has 2 atom stereocenters. The van der Waals surface area contributed by atoms with Gasteiger partial charge in [0, 0.05) is 23.7 Å². The van der Waals surface area contributed by atoms with Gasteiger partial charge in [-0.2, -0.15) is 0 Å². The molecule has 6 heteroatoms. The predicted octanol–water partition coefficient (Wildman–Crippen LogP) is 3.59. The van der Waals surface area contributed by atoms with Crippen molar-refractivity contribution in [2.24, 2.45) is 0 Å². The Bertz CT molecular complexity index is 786. The molecule has 0 bridgehead atoms. The average molecular weight is 351 g/mol. The Kier molecular flexibility index (Phi) is 4.45. The molecule has 0 radical (unpaired) electrons. The van der Waals surface area contributed by atoms with Gasteiger partial charge in [0.25, 0.3) is 0 Å². The van der Waals surface area contributed by atoms with Crippen molar-refractivity contribution in [1.82, 2.24) is 9.71 Å². The van der Waals surface area contributed by atoms with Crippen LogP contribution in [0.15, 0.2) is 42.6 Å². The van der Waals surface area contributed by atoms with Crippen LogP contribution in [0, 0.1) is 0 Å². The molecule has 1 aliphatic carbocycles. The fourth-order valence-electron chi connectivity index (χ4n) is 2.49. The van der Waals surface area contributed by atoms with Gasteiger partial charge in [-0.3, -0.25) is 4.98 Å². The average Bonchev–Trinajstić information content (AvgIpc) is 3.26. The van der Waals surface area contributed by atoms with E-state index in [0.717, 1.165) is 23.2 Å². The monoisotopic (exact) mass is 350 g/mol. The largest absolute Gasteiger partial charge is 0.255 e. The number of rotatable bonds is 5. The first kappa shape index (κ1) is 16.4. The van der Waals surface area contributed by atoms with Gasteiger partial charge in [0.1, 0.15) is 0 Å². The fourth-order valence-corrected chi connectivity index (χ4v) is 3.55. The highest BCUT2D eigenvalue weighted by molar-refractivity contribution is 7.90. The van der Waals surface area contributed by atoms with Gasteiger partial charge in [-0.15, -0.1) is 0 Å². The van der Waals surface area contributed by atoms with Crippen LogP contribution in [0.25, 0.3) is 11.3 Å². The van der Waals surface area contributed by atoms with Gasteiger partial charge in [0.2, 0.25) is 10.0 Å². The second-order valence-corrected chi connectivity index (χ2v) is 8.85. The van der Waals surface area contributed by atoms with E-state index in [1.807, 2.05) is 36.4 Å². The number of halogens is 1. The van der Waals surface area contributed by atoms with E-state index in [1.54, 1.807) is 20.0 Å². The van der Waals surface area contributed by atoms with E-state index in [0.29, 0.717) is 5.02 Å². The number of nitrogens with zero attached hydrogens (tertiary/aromatic N) is 1. The Labute approximate surface area is 142 Å². The van der Waals surface area contributed by atoms with Crippen LogP contribution in [0.2, 0.25) is 5.02 Å². The number of hydrogen-bond donors (Lipinski definition) is 1. The molecule has 122 valence electrons. The van der Waals surface area contributed by atoms with E-state index < -0.39 is 15.3 Å². The van der Waals surface area contributed by atoms with Gasteiger partial charge >= 0.3 is 0 Å². The lowest BCUT2D eigenvalue weighted by Gasteiger charge is -2.09. The van der Waals surface area contributed by atoms with Crippen molar-refractivity contribution in [3.63, 3.8) is 0 Å². The SMILES string of the molecule is CC(C)S(=O)(=O)NC1CC1c1ccc(-c2ccc(Cl)cn2)cc1. The van der Waals surface area contributed by atoms with Crippen LogP contribution < -0.4 is 4.72 Å². The number of nitrogens with one attached hydrogen (secondary N) is 1. The summed E-state index contributed by atoms with van der Waals surface area (Å²) in [5.74, 6) is 0.260. The van der Waals surface area contributed by atoms with Gasteiger partial charge in [-0.05, 0) is 38.0 Å². The normalized spacial score (nSPS) is 20.7. The molecule has 1 aromatic carbocycles. The van der Waals surface area contributed by atoms with Gasteiger partial charge in [0.05, 0.1) is 16.0 Å². The molecule has 2 unspecified atom stereocenters. The van der Waals surface area contributed by atoms with Crippen molar-refractivity contribution < 1.29 is 8.42 Å². The summed E-state index contributed by atoms with van der Waals surface area (Å²) in [6.45, 7) is 3.38. The summed E-state index contributed by atoms with van der Waals surface area (Å²) in [6.07, 6.45) is 2.48. The lowest BCUT2D eigenvalue weighted by molar-refractivity contribution is 0.571. The summed E-state index contributed by atoms with van der Waals surface area (Å²) in [4.78, 5) is 4.30. The highest BCUT2D eigenvalue weighted by Gasteiger charge is 2.41.